The number of aromatic nitrogens is 4. The average molecular weight is 299 g/mol. The van der Waals surface area contributed by atoms with Crippen molar-refractivity contribution in [2.24, 2.45) is 0 Å². The van der Waals surface area contributed by atoms with Gasteiger partial charge in [0, 0.05) is 43.8 Å². The number of likely N-dealkylation sites (tertiary alicyclic amines) is 1. The Kier molecular flexibility index (Phi) is 4.83. The lowest BCUT2D eigenvalue weighted by atomic mass is 9.95. The monoisotopic (exact) mass is 299 g/mol. The molecule has 5 nitrogen and oxygen atoms in total. The number of rotatable bonds is 5. The van der Waals surface area contributed by atoms with Gasteiger partial charge in [0.05, 0.1) is 17.9 Å². The van der Waals surface area contributed by atoms with E-state index in [0.717, 1.165) is 44.0 Å². The molecule has 0 bridgehead atoms. The van der Waals surface area contributed by atoms with Gasteiger partial charge in [-0.1, -0.05) is 6.92 Å². The summed E-state index contributed by atoms with van der Waals surface area (Å²) in [6.07, 6.45) is 11.3. The molecular formula is C17H25N5. The molecule has 1 saturated heterocycles. The number of piperidine rings is 1. The summed E-state index contributed by atoms with van der Waals surface area (Å²) in [5.41, 5.74) is 2.15. The van der Waals surface area contributed by atoms with Crippen molar-refractivity contribution in [1.82, 2.24) is 24.4 Å². The molecule has 0 N–H and O–H groups in total. The van der Waals surface area contributed by atoms with Crippen LogP contribution in [0.4, 0.5) is 0 Å². The van der Waals surface area contributed by atoms with Crippen LogP contribution in [0.3, 0.4) is 0 Å². The van der Waals surface area contributed by atoms with Gasteiger partial charge in [-0.2, -0.15) is 0 Å². The van der Waals surface area contributed by atoms with Crippen LogP contribution in [0.1, 0.15) is 49.3 Å². The maximum Gasteiger partial charge on any atom is 0.122 e. The maximum atomic E-state index is 4.67. The van der Waals surface area contributed by atoms with E-state index >= 15 is 0 Å². The first-order chi connectivity index (χ1) is 10.8. The van der Waals surface area contributed by atoms with Crippen molar-refractivity contribution in [3.05, 3.63) is 42.0 Å². The molecule has 1 aliphatic heterocycles. The van der Waals surface area contributed by atoms with Crippen LogP contribution in [0.25, 0.3) is 0 Å². The molecule has 118 valence electrons. The molecule has 3 heterocycles. The number of nitrogens with zero attached hydrogens (tertiary/aromatic N) is 5. The summed E-state index contributed by atoms with van der Waals surface area (Å²) >= 11 is 0. The minimum atomic E-state index is 0.496. The van der Waals surface area contributed by atoms with Gasteiger partial charge < -0.3 is 4.57 Å². The minimum Gasteiger partial charge on any atom is -0.334 e. The van der Waals surface area contributed by atoms with Crippen molar-refractivity contribution in [2.45, 2.75) is 52.1 Å². The Hall–Kier alpha value is -1.75. The average Bonchev–Trinajstić information content (AvgIpc) is 2.95. The molecule has 1 atom stereocenters. The summed E-state index contributed by atoms with van der Waals surface area (Å²) in [6.45, 7) is 8.40. The van der Waals surface area contributed by atoms with E-state index in [0.29, 0.717) is 5.92 Å². The summed E-state index contributed by atoms with van der Waals surface area (Å²) in [6, 6.07) is 0. The number of hydrogen-bond acceptors (Lipinski definition) is 4. The van der Waals surface area contributed by atoms with Gasteiger partial charge in [0.2, 0.25) is 0 Å². The third-order valence-corrected chi connectivity index (χ3v) is 4.33. The van der Waals surface area contributed by atoms with Crippen LogP contribution in [0.5, 0.6) is 0 Å². The third kappa shape index (κ3) is 3.53. The van der Waals surface area contributed by atoms with E-state index in [2.05, 4.69) is 37.5 Å². The van der Waals surface area contributed by atoms with Crippen LogP contribution in [-0.4, -0.2) is 37.5 Å². The molecule has 0 aromatic carbocycles. The van der Waals surface area contributed by atoms with E-state index in [9.17, 15) is 0 Å². The number of aryl methyl sites for hydroxylation is 2. The fraction of sp³-hybridized carbons (Fsp3) is 0.588. The molecule has 3 rings (SSSR count). The SMILES string of the molecule is CCCn1ccnc1CN1CCCC(c2cncc(C)n2)C1. The normalized spacial score (nSPS) is 19.5. The quantitative estimate of drug-likeness (QED) is 0.851. The lowest BCUT2D eigenvalue weighted by molar-refractivity contribution is 0.191. The standard InChI is InChI=1S/C17H25N5/c1-3-7-22-9-6-19-17(22)13-21-8-4-5-15(12-21)16-11-18-10-14(2)20-16/h6,9-11,15H,3-5,7-8,12-13H2,1-2H3. The highest BCUT2D eigenvalue weighted by Gasteiger charge is 2.23. The van der Waals surface area contributed by atoms with E-state index in [1.54, 1.807) is 0 Å². The van der Waals surface area contributed by atoms with E-state index in [1.807, 2.05) is 25.5 Å². The zero-order valence-electron chi connectivity index (χ0n) is 13.6. The van der Waals surface area contributed by atoms with Crippen LogP contribution in [0, 0.1) is 6.92 Å². The van der Waals surface area contributed by atoms with Crippen LogP contribution in [-0.2, 0) is 13.1 Å². The third-order valence-electron chi connectivity index (χ3n) is 4.33. The largest absolute Gasteiger partial charge is 0.334 e. The van der Waals surface area contributed by atoms with Crippen LogP contribution < -0.4 is 0 Å². The van der Waals surface area contributed by atoms with Gasteiger partial charge in [-0.15, -0.1) is 0 Å². The van der Waals surface area contributed by atoms with Crippen LogP contribution in [0.15, 0.2) is 24.8 Å². The second-order valence-corrected chi connectivity index (χ2v) is 6.20. The van der Waals surface area contributed by atoms with E-state index in [1.165, 1.54) is 18.7 Å². The Balaban J connectivity index is 1.67. The van der Waals surface area contributed by atoms with Crippen molar-refractivity contribution >= 4 is 0 Å². The highest BCUT2D eigenvalue weighted by Crippen LogP contribution is 2.26. The minimum absolute atomic E-state index is 0.496. The zero-order chi connectivity index (χ0) is 15.4. The Morgan fingerprint density at radius 3 is 3.05 bits per heavy atom. The predicted molar refractivity (Wildman–Crippen MR) is 86.5 cm³/mol. The van der Waals surface area contributed by atoms with Crippen molar-refractivity contribution in [3.63, 3.8) is 0 Å². The Morgan fingerprint density at radius 2 is 2.23 bits per heavy atom. The smallest absolute Gasteiger partial charge is 0.122 e. The zero-order valence-corrected chi connectivity index (χ0v) is 13.6. The highest BCUT2D eigenvalue weighted by atomic mass is 15.2. The molecule has 5 heteroatoms. The molecular weight excluding hydrogens is 274 g/mol. The van der Waals surface area contributed by atoms with Crippen LogP contribution >= 0.6 is 0 Å². The van der Waals surface area contributed by atoms with Crippen molar-refractivity contribution in [2.75, 3.05) is 13.1 Å². The molecule has 0 aliphatic carbocycles. The van der Waals surface area contributed by atoms with Gasteiger partial charge in [0.15, 0.2) is 0 Å². The van der Waals surface area contributed by atoms with E-state index in [-0.39, 0.29) is 0 Å². The number of imidazole rings is 1. The highest BCUT2D eigenvalue weighted by molar-refractivity contribution is 5.09. The molecule has 0 amide bonds. The van der Waals surface area contributed by atoms with Gasteiger partial charge in [-0.25, -0.2) is 4.98 Å². The lowest BCUT2D eigenvalue weighted by Gasteiger charge is -2.32. The van der Waals surface area contributed by atoms with Crippen molar-refractivity contribution in [3.8, 4) is 0 Å². The predicted octanol–water partition coefficient (Wildman–Crippen LogP) is 2.77. The van der Waals surface area contributed by atoms with E-state index in [4.69, 9.17) is 0 Å². The number of hydrogen-bond donors (Lipinski definition) is 0. The molecule has 1 unspecified atom stereocenters. The van der Waals surface area contributed by atoms with Crippen molar-refractivity contribution < 1.29 is 0 Å². The molecule has 1 fully saturated rings. The molecule has 0 spiro atoms. The van der Waals surface area contributed by atoms with Gasteiger partial charge in [-0.3, -0.25) is 14.9 Å². The second-order valence-electron chi connectivity index (χ2n) is 6.20. The first-order valence-corrected chi connectivity index (χ1v) is 8.27. The topological polar surface area (TPSA) is 46.8 Å². The summed E-state index contributed by atoms with van der Waals surface area (Å²) in [5, 5.41) is 0. The summed E-state index contributed by atoms with van der Waals surface area (Å²) < 4.78 is 2.27. The molecule has 1 aliphatic rings. The van der Waals surface area contributed by atoms with Gasteiger partial charge in [0.1, 0.15) is 5.82 Å². The Bertz CT molecular complexity index is 607. The van der Waals surface area contributed by atoms with Crippen molar-refractivity contribution in [1.29, 1.82) is 0 Å². The molecule has 22 heavy (non-hydrogen) atoms. The molecule has 2 aromatic heterocycles. The van der Waals surface area contributed by atoms with Gasteiger partial charge >= 0.3 is 0 Å². The summed E-state index contributed by atoms with van der Waals surface area (Å²) in [4.78, 5) is 16.0. The lowest BCUT2D eigenvalue weighted by Crippen LogP contribution is -2.35. The molecule has 0 radical (unpaired) electrons. The summed E-state index contributed by atoms with van der Waals surface area (Å²) in [5.74, 6) is 1.67. The first kappa shape index (κ1) is 15.2. The van der Waals surface area contributed by atoms with Crippen LogP contribution in [0.2, 0.25) is 0 Å². The molecule has 0 saturated carbocycles. The fourth-order valence-electron chi connectivity index (χ4n) is 3.26. The first-order valence-electron chi connectivity index (χ1n) is 8.27. The second kappa shape index (κ2) is 7.01. The molecule has 2 aromatic rings. The Morgan fingerprint density at radius 1 is 1.32 bits per heavy atom. The van der Waals surface area contributed by atoms with E-state index < -0.39 is 0 Å². The fourth-order valence-corrected chi connectivity index (χ4v) is 3.26. The van der Waals surface area contributed by atoms with Gasteiger partial charge in [0.25, 0.3) is 0 Å². The Labute approximate surface area is 132 Å². The summed E-state index contributed by atoms with van der Waals surface area (Å²) in [7, 11) is 0. The van der Waals surface area contributed by atoms with Gasteiger partial charge in [-0.05, 0) is 32.7 Å². The maximum absolute atomic E-state index is 4.67.